The maximum absolute atomic E-state index is 12.0. The molecule has 1 unspecified atom stereocenters. The van der Waals surface area contributed by atoms with E-state index in [2.05, 4.69) is 0 Å². The van der Waals surface area contributed by atoms with Crippen molar-refractivity contribution in [2.24, 2.45) is 0 Å². The topological polar surface area (TPSA) is 90.2 Å². The molecule has 0 bridgehead atoms. The zero-order valence-electron chi connectivity index (χ0n) is 10.3. The van der Waals surface area contributed by atoms with Crippen molar-refractivity contribution in [1.29, 1.82) is 0 Å². The average Bonchev–Trinajstić information content (AvgIpc) is 2.28. The van der Waals surface area contributed by atoms with Crippen molar-refractivity contribution in [2.45, 2.75) is 6.10 Å². The lowest BCUT2D eigenvalue weighted by Gasteiger charge is -2.21. The van der Waals surface area contributed by atoms with Crippen molar-refractivity contribution >= 4 is 5.91 Å². The van der Waals surface area contributed by atoms with Gasteiger partial charge in [-0.3, -0.25) is 4.79 Å². The van der Waals surface area contributed by atoms with Crippen molar-refractivity contribution in [2.75, 3.05) is 27.3 Å². The van der Waals surface area contributed by atoms with Gasteiger partial charge in [0.15, 0.2) is 0 Å². The molecular weight excluding hydrogens is 238 g/mol. The third-order valence-electron chi connectivity index (χ3n) is 2.42. The molecule has 0 spiro atoms. The minimum absolute atomic E-state index is 0.0421. The first kappa shape index (κ1) is 14.3. The SMILES string of the molecule is COCC(O)CN(C)C(=O)c1c(O)cccc1O. The summed E-state index contributed by atoms with van der Waals surface area (Å²) in [5.74, 6) is -1.16. The van der Waals surface area contributed by atoms with E-state index in [1.165, 1.54) is 37.3 Å². The Hall–Kier alpha value is -1.79. The van der Waals surface area contributed by atoms with Crippen LogP contribution >= 0.6 is 0 Å². The number of aliphatic hydroxyl groups is 1. The number of hydrogen-bond donors (Lipinski definition) is 3. The minimum Gasteiger partial charge on any atom is -0.507 e. The zero-order chi connectivity index (χ0) is 13.7. The number of hydrogen-bond acceptors (Lipinski definition) is 5. The van der Waals surface area contributed by atoms with Crippen LogP contribution in [0.1, 0.15) is 10.4 Å². The number of aliphatic hydroxyl groups excluding tert-OH is 1. The molecule has 3 N–H and O–H groups in total. The molecular formula is C12H17NO5. The summed E-state index contributed by atoms with van der Waals surface area (Å²) in [6.45, 7) is 0.144. The minimum atomic E-state index is -0.822. The lowest BCUT2D eigenvalue weighted by molar-refractivity contribution is 0.0378. The first-order chi connectivity index (χ1) is 8.47. The number of phenols is 2. The first-order valence-electron chi connectivity index (χ1n) is 5.40. The Bertz CT molecular complexity index is 401. The predicted octanol–water partition coefficient (Wildman–Crippen LogP) is 0.177. The summed E-state index contributed by atoms with van der Waals surface area (Å²) >= 11 is 0. The van der Waals surface area contributed by atoms with Gasteiger partial charge in [0.2, 0.25) is 0 Å². The number of amides is 1. The van der Waals surface area contributed by atoms with Crippen molar-refractivity contribution in [3.8, 4) is 11.5 Å². The highest BCUT2D eigenvalue weighted by molar-refractivity contribution is 5.99. The highest BCUT2D eigenvalue weighted by atomic mass is 16.5. The molecule has 0 heterocycles. The number of rotatable bonds is 5. The van der Waals surface area contributed by atoms with Crippen molar-refractivity contribution < 1.29 is 24.9 Å². The van der Waals surface area contributed by atoms with Crippen LogP contribution in [0.15, 0.2) is 18.2 Å². The number of likely N-dealkylation sites (N-methyl/N-ethyl adjacent to an activating group) is 1. The number of benzene rings is 1. The summed E-state index contributed by atoms with van der Waals surface area (Å²) in [5.41, 5.74) is -0.176. The number of carbonyl (C=O) groups excluding carboxylic acids is 1. The van der Waals surface area contributed by atoms with E-state index >= 15 is 0 Å². The van der Waals surface area contributed by atoms with Crippen LogP contribution in [0.2, 0.25) is 0 Å². The van der Waals surface area contributed by atoms with Gasteiger partial charge in [0.1, 0.15) is 17.1 Å². The van der Waals surface area contributed by atoms with E-state index in [-0.39, 0.29) is 30.2 Å². The Morgan fingerprint density at radius 2 is 1.94 bits per heavy atom. The van der Waals surface area contributed by atoms with Crippen LogP contribution in [0.4, 0.5) is 0 Å². The quantitative estimate of drug-likeness (QED) is 0.698. The van der Waals surface area contributed by atoms with Crippen LogP contribution in [0.3, 0.4) is 0 Å². The summed E-state index contributed by atoms with van der Waals surface area (Å²) < 4.78 is 4.75. The van der Waals surface area contributed by atoms with Crippen LogP contribution in [0, 0.1) is 0 Å². The lowest BCUT2D eigenvalue weighted by atomic mass is 10.1. The van der Waals surface area contributed by atoms with Crippen LogP contribution in [0.25, 0.3) is 0 Å². The molecule has 18 heavy (non-hydrogen) atoms. The van der Waals surface area contributed by atoms with E-state index in [0.29, 0.717) is 0 Å². The summed E-state index contributed by atoms with van der Waals surface area (Å²) in [6, 6.07) is 4.06. The third-order valence-corrected chi connectivity index (χ3v) is 2.42. The molecule has 0 saturated carbocycles. The second-order valence-corrected chi connectivity index (χ2v) is 3.97. The molecule has 1 aromatic rings. The molecule has 1 aromatic carbocycles. The fourth-order valence-corrected chi connectivity index (χ4v) is 1.58. The van der Waals surface area contributed by atoms with Gasteiger partial charge >= 0.3 is 0 Å². The highest BCUT2D eigenvalue weighted by Gasteiger charge is 2.21. The van der Waals surface area contributed by atoms with E-state index in [9.17, 15) is 20.1 Å². The highest BCUT2D eigenvalue weighted by Crippen LogP contribution is 2.27. The van der Waals surface area contributed by atoms with Crippen molar-refractivity contribution in [3.05, 3.63) is 23.8 Å². The van der Waals surface area contributed by atoms with Gasteiger partial charge in [-0.25, -0.2) is 0 Å². The van der Waals surface area contributed by atoms with E-state index in [4.69, 9.17) is 4.74 Å². The monoisotopic (exact) mass is 255 g/mol. The van der Waals surface area contributed by atoms with Gasteiger partial charge in [-0.2, -0.15) is 0 Å². The Morgan fingerprint density at radius 1 is 1.39 bits per heavy atom. The average molecular weight is 255 g/mol. The van der Waals surface area contributed by atoms with Gasteiger partial charge in [-0.05, 0) is 12.1 Å². The molecule has 0 radical (unpaired) electrons. The Kier molecular flexibility index (Phi) is 4.94. The van der Waals surface area contributed by atoms with Gasteiger partial charge in [-0.1, -0.05) is 6.07 Å². The Morgan fingerprint density at radius 3 is 2.44 bits per heavy atom. The van der Waals surface area contributed by atoms with E-state index < -0.39 is 12.0 Å². The fourth-order valence-electron chi connectivity index (χ4n) is 1.58. The van der Waals surface area contributed by atoms with E-state index in [1.807, 2.05) is 0 Å². The molecule has 0 aliphatic heterocycles. The number of carbonyl (C=O) groups is 1. The number of nitrogens with zero attached hydrogens (tertiary/aromatic N) is 1. The maximum Gasteiger partial charge on any atom is 0.261 e. The second-order valence-electron chi connectivity index (χ2n) is 3.97. The molecule has 0 saturated heterocycles. The van der Waals surface area contributed by atoms with Crippen LogP contribution < -0.4 is 0 Å². The van der Waals surface area contributed by atoms with Crippen molar-refractivity contribution in [3.63, 3.8) is 0 Å². The smallest absolute Gasteiger partial charge is 0.261 e. The molecule has 1 rings (SSSR count). The van der Waals surface area contributed by atoms with Gasteiger partial charge in [-0.15, -0.1) is 0 Å². The summed E-state index contributed by atoms with van der Waals surface area (Å²) in [7, 11) is 2.91. The van der Waals surface area contributed by atoms with Gasteiger partial charge in [0.05, 0.1) is 12.7 Å². The van der Waals surface area contributed by atoms with Gasteiger partial charge in [0, 0.05) is 20.7 Å². The lowest BCUT2D eigenvalue weighted by Crippen LogP contribution is -2.36. The van der Waals surface area contributed by atoms with Crippen LogP contribution in [0.5, 0.6) is 11.5 Å². The molecule has 6 nitrogen and oxygen atoms in total. The fraction of sp³-hybridized carbons (Fsp3) is 0.417. The number of phenolic OH excluding ortho intramolecular Hbond substituents is 2. The van der Waals surface area contributed by atoms with E-state index in [0.717, 1.165) is 0 Å². The predicted molar refractivity (Wildman–Crippen MR) is 64.6 cm³/mol. The first-order valence-corrected chi connectivity index (χ1v) is 5.40. The largest absolute Gasteiger partial charge is 0.507 e. The third kappa shape index (κ3) is 3.35. The van der Waals surface area contributed by atoms with Crippen LogP contribution in [-0.4, -0.2) is 59.5 Å². The summed E-state index contributed by atoms with van der Waals surface area (Å²) in [5, 5.41) is 28.6. The normalized spacial score (nSPS) is 12.2. The van der Waals surface area contributed by atoms with Gasteiger partial charge in [0.25, 0.3) is 5.91 Å². The van der Waals surface area contributed by atoms with Crippen LogP contribution in [-0.2, 0) is 4.74 Å². The molecule has 0 aliphatic rings. The Balaban J connectivity index is 2.81. The molecule has 6 heteroatoms. The number of ether oxygens (including phenoxy) is 1. The zero-order valence-corrected chi connectivity index (χ0v) is 10.3. The van der Waals surface area contributed by atoms with Gasteiger partial charge < -0.3 is 25.0 Å². The summed E-state index contributed by atoms with van der Waals surface area (Å²) in [4.78, 5) is 13.2. The molecule has 1 atom stereocenters. The van der Waals surface area contributed by atoms with E-state index in [1.54, 1.807) is 0 Å². The Labute approximate surface area is 105 Å². The molecule has 0 aromatic heterocycles. The number of aromatic hydroxyl groups is 2. The molecule has 100 valence electrons. The van der Waals surface area contributed by atoms with Crippen molar-refractivity contribution in [1.82, 2.24) is 4.90 Å². The molecule has 1 amide bonds. The summed E-state index contributed by atoms with van der Waals surface area (Å²) in [6.07, 6.45) is -0.822. The maximum atomic E-state index is 12.0. The second kappa shape index (κ2) is 6.23. The molecule has 0 aliphatic carbocycles. The standard InChI is InChI=1S/C12H17NO5/c1-13(6-8(14)7-18-2)12(17)11-9(15)4-3-5-10(11)16/h3-5,8,14-16H,6-7H2,1-2H3. The molecule has 0 fully saturated rings. The number of methoxy groups -OCH3 is 1.